The number of tetrazole rings is 1. The summed E-state index contributed by atoms with van der Waals surface area (Å²) in [6.45, 7) is 1.78. The van der Waals surface area contributed by atoms with Crippen LogP contribution in [-0.2, 0) is 4.79 Å². The lowest BCUT2D eigenvalue weighted by Crippen LogP contribution is -2.23. The Balaban J connectivity index is 1.69. The maximum Gasteiger partial charge on any atom is 0.237 e. The fourth-order valence-electron chi connectivity index (χ4n) is 2.34. The van der Waals surface area contributed by atoms with Gasteiger partial charge in [-0.1, -0.05) is 23.4 Å². The first-order valence-electron chi connectivity index (χ1n) is 8.25. The Kier molecular flexibility index (Phi) is 6.37. The van der Waals surface area contributed by atoms with Crippen LogP contribution < -0.4 is 14.8 Å². The third-order valence-electron chi connectivity index (χ3n) is 3.83. The second kappa shape index (κ2) is 8.94. The van der Waals surface area contributed by atoms with E-state index in [1.165, 1.54) is 18.9 Å². The van der Waals surface area contributed by atoms with Crippen molar-refractivity contribution in [2.75, 3.05) is 19.5 Å². The van der Waals surface area contributed by atoms with Gasteiger partial charge >= 0.3 is 0 Å². The van der Waals surface area contributed by atoms with Crippen molar-refractivity contribution in [1.29, 1.82) is 0 Å². The van der Waals surface area contributed by atoms with Crippen LogP contribution >= 0.6 is 23.4 Å². The molecule has 0 radical (unpaired) electrons. The van der Waals surface area contributed by atoms with Gasteiger partial charge in [-0.2, -0.15) is 4.68 Å². The molecule has 28 heavy (non-hydrogen) atoms. The molecule has 1 aromatic heterocycles. The number of hydrogen-bond donors (Lipinski definition) is 1. The van der Waals surface area contributed by atoms with Gasteiger partial charge in [0, 0.05) is 5.69 Å². The molecule has 1 heterocycles. The first kappa shape index (κ1) is 20.0. The van der Waals surface area contributed by atoms with E-state index in [1.54, 1.807) is 36.9 Å². The molecule has 0 saturated heterocycles. The van der Waals surface area contributed by atoms with Crippen molar-refractivity contribution in [2.45, 2.75) is 17.3 Å². The number of thioether (sulfide) groups is 1. The van der Waals surface area contributed by atoms with Crippen LogP contribution in [0.1, 0.15) is 6.92 Å². The summed E-state index contributed by atoms with van der Waals surface area (Å²) in [5.74, 6) is 1.08. The number of methoxy groups -OCH3 is 2. The van der Waals surface area contributed by atoms with E-state index in [0.717, 1.165) is 11.4 Å². The highest BCUT2D eigenvalue weighted by Crippen LogP contribution is 2.28. The number of hydrogen-bond acceptors (Lipinski definition) is 7. The lowest BCUT2D eigenvalue weighted by Gasteiger charge is -2.13. The summed E-state index contributed by atoms with van der Waals surface area (Å²) in [4.78, 5) is 12.5. The van der Waals surface area contributed by atoms with Crippen molar-refractivity contribution in [3.63, 3.8) is 0 Å². The Bertz CT molecular complexity index is 964. The smallest absolute Gasteiger partial charge is 0.237 e. The van der Waals surface area contributed by atoms with Crippen molar-refractivity contribution in [3.8, 4) is 17.2 Å². The Morgan fingerprint density at radius 1 is 1.18 bits per heavy atom. The molecule has 3 rings (SSSR count). The van der Waals surface area contributed by atoms with Gasteiger partial charge in [0.2, 0.25) is 11.1 Å². The fraction of sp³-hybridized carbons (Fsp3) is 0.222. The number of halogens is 1. The predicted octanol–water partition coefficient (Wildman–Crippen LogP) is 3.45. The van der Waals surface area contributed by atoms with E-state index in [-0.39, 0.29) is 5.91 Å². The van der Waals surface area contributed by atoms with Crippen LogP contribution in [0.15, 0.2) is 47.6 Å². The highest BCUT2D eigenvalue weighted by molar-refractivity contribution is 8.00. The predicted molar refractivity (Wildman–Crippen MR) is 108 cm³/mol. The number of ether oxygens (including phenoxy) is 2. The van der Waals surface area contributed by atoms with E-state index in [0.29, 0.717) is 21.6 Å². The first-order valence-corrected chi connectivity index (χ1v) is 9.51. The molecule has 0 bridgehead atoms. The Labute approximate surface area is 171 Å². The standard InChI is InChI=1S/C18H18ClN5O3S/c1-11(17(25)20-12-4-9-16(27-3)15(19)10-12)28-18-21-22-23-24(18)13-5-7-14(26-2)8-6-13/h4-11H,1-3H3,(H,20,25). The molecule has 10 heteroatoms. The van der Waals surface area contributed by atoms with Crippen LogP contribution in [-0.4, -0.2) is 45.6 Å². The quantitative estimate of drug-likeness (QED) is 0.586. The number of anilines is 1. The number of aromatic nitrogens is 4. The van der Waals surface area contributed by atoms with Crippen molar-refractivity contribution >= 4 is 35.0 Å². The fourth-order valence-corrected chi connectivity index (χ4v) is 3.40. The average molecular weight is 420 g/mol. The largest absolute Gasteiger partial charge is 0.497 e. The molecule has 0 spiro atoms. The third-order valence-corrected chi connectivity index (χ3v) is 5.16. The molecule has 1 atom stereocenters. The Morgan fingerprint density at radius 3 is 2.57 bits per heavy atom. The van der Waals surface area contributed by atoms with Crippen molar-refractivity contribution in [1.82, 2.24) is 20.2 Å². The first-order chi connectivity index (χ1) is 13.5. The van der Waals surface area contributed by atoms with Gasteiger partial charge in [-0.15, -0.1) is 5.10 Å². The van der Waals surface area contributed by atoms with Crippen LogP contribution in [0.25, 0.3) is 5.69 Å². The number of rotatable bonds is 7. The number of nitrogens with zero attached hydrogens (tertiary/aromatic N) is 4. The molecule has 2 aromatic carbocycles. The van der Waals surface area contributed by atoms with Gasteiger partial charge in [-0.25, -0.2) is 0 Å². The van der Waals surface area contributed by atoms with Gasteiger partial charge in [-0.05, 0) is 59.8 Å². The summed E-state index contributed by atoms with van der Waals surface area (Å²) in [7, 11) is 3.13. The molecule has 0 aliphatic rings. The minimum atomic E-state index is -0.441. The lowest BCUT2D eigenvalue weighted by atomic mass is 10.3. The second-order valence-corrected chi connectivity index (χ2v) is 7.39. The van der Waals surface area contributed by atoms with Crippen LogP contribution in [0.5, 0.6) is 11.5 Å². The topological polar surface area (TPSA) is 91.2 Å². The van der Waals surface area contributed by atoms with Crippen LogP contribution in [0.2, 0.25) is 5.02 Å². The van der Waals surface area contributed by atoms with E-state index in [4.69, 9.17) is 21.1 Å². The zero-order chi connectivity index (χ0) is 20.1. The SMILES string of the molecule is COc1ccc(-n2nnnc2SC(C)C(=O)Nc2ccc(OC)c(Cl)c2)cc1. The number of benzene rings is 2. The molecule has 1 unspecified atom stereocenters. The van der Waals surface area contributed by atoms with E-state index >= 15 is 0 Å². The molecule has 0 saturated carbocycles. The minimum absolute atomic E-state index is 0.199. The summed E-state index contributed by atoms with van der Waals surface area (Å²) in [6, 6.07) is 12.4. The molecular weight excluding hydrogens is 402 g/mol. The van der Waals surface area contributed by atoms with Crippen LogP contribution in [0.3, 0.4) is 0 Å². The van der Waals surface area contributed by atoms with Crippen molar-refractivity contribution < 1.29 is 14.3 Å². The molecule has 0 fully saturated rings. The summed E-state index contributed by atoms with van der Waals surface area (Å²) in [5.41, 5.74) is 1.35. The molecule has 8 nitrogen and oxygen atoms in total. The number of amides is 1. The summed E-state index contributed by atoms with van der Waals surface area (Å²) < 4.78 is 11.8. The second-order valence-electron chi connectivity index (χ2n) is 5.67. The molecular formula is C18H18ClN5O3S. The number of carbonyl (C=O) groups is 1. The highest BCUT2D eigenvalue weighted by atomic mass is 35.5. The van der Waals surface area contributed by atoms with Gasteiger partial charge in [-0.3, -0.25) is 4.79 Å². The van der Waals surface area contributed by atoms with Gasteiger partial charge in [0.05, 0.1) is 30.2 Å². The molecule has 3 aromatic rings. The van der Waals surface area contributed by atoms with Crippen molar-refractivity contribution in [2.24, 2.45) is 0 Å². The summed E-state index contributed by atoms with van der Waals surface area (Å²) in [5, 5.41) is 15.0. The highest BCUT2D eigenvalue weighted by Gasteiger charge is 2.20. The number of nitrogens with one attached hydrogen (secondary N) is 1. The third kappa shape index (κ3) is 4.55. The normalized spacial score (nSPS) is 11.7. The maximum atomic E-state index is 12.5. The van der Waals surface area contributed by atoms with Gasteiger partial charge in [0.1, 0.15) is 11.5 Å². The average Bonchev–Trinajstić information content (AvgIpc) is 3.16. The Hall–Kier alpha value is -2.78. The summed E-state index contributed by atoms with van der Waals surface area (Å²) in [6.07, 6.45) is 0. The molecule has 0 aliphatic carbocycles. The minimum Gasteiger partial charge on any atom is -0.497 e. The zero-order valence-electron chi connectivity index (χ0n) is 15.4. The van der Waals surface area contributed by atoms with Crippen LogP contribution in [0, 0.1) is 0 Å². The van der Waals surface area contributed by atoms with Gasteiger partial charge < -0.3 is 14.8 Å². The van der Waals surface area contributed by atoms with Crippen molar-refractivity contribution in [3.05, 3.63) is 47.5 Å². The summed E-state index contributed by atoms with van der Waals surface area (Å²) >= 11 is 7.34. The molecule has 1 N–H and O–H groups in total. The lowest BCUT2D eigenvalue weighted by molar-refractivity contribution is -0.115. The van der Waals surface area contributed by atoms with E-state index < -0.39 is 5.25 Å². The van der Waals surface area contributed by atoms with Gasteiger partial charge in [0.15, 0.2) is 0 Å². The Morgan fingerprint density at radius 2 is 1.93 bits per heavy atom. The van der Waals surface area contributed by atoms with Gasteiger partial charge in [0.25, 0.3) is 0 Å². The monoisotopic (exact) mass is 419 g/mol. The molecule has 1 amide bonds. The molecule has 146 valence electrons. The van der Waals surface area contributed by atoms with E-state index in [2.05, 4.69) is 20.8 Å². The zero-order valence-corrected chi connectivity index (χ0v) is 17.0. The van der Waals surface area contributed by atoms with E-state index in [9.17, 15) is 4.79 Å². The maximum absolute atomic E-state index is 12.5. The van der Waals surface area contributed by atoms with Crippen LogP contribution in [0.4, 0.5) is 5.69 Å². The molecule has 0 aliphatic heterocycles. The van der Waals surface area contributed by atoms with E-state index in [1.807, 2.05) is 24.3 Å². The number of carbonyl (C=O) groups excluding carboxylic acids is 1.